The summed E-state index contributed by atoms with van der Waals surface area (Å²) >= 11 is 0. The van der Waals surface area contributed by atoms with Crippen molar-refractivity contribution in [1.29, 1.82) is 0 Å². The Bertz CT molecular complexity index is 392. The number of hydrogen-bond acceptors (Lipinski definition) is 5. The molecule has 0 spiro atoms. The predicted molar refractivity (Wildman–Crippen MR) is 80.2 cm³/mol. The number of sulfone groups is 1. The highest BCUT2D eigenvalue weighted by Crippen LogP contribution is 2.11. The molecule has 6 nitrogen and oxygen atoms in total. The van der Waals surface area contributed by atoms with E-state index in [1.807, 2.05) is 6.92 Å². The normalized spacial score (nSPS) is 20.2. The molecule has 3 N–H and O–H groups in total. The zero-order valence-electron chi connectivity index (χ0n) is 12.3. The Morgan fingerprint density at radius 3 is 2.70 bits per heavy atom. The van der Waals surface area contributed by atoms with Crippen molar-refractivity contribution in [3.63, 3.8) is 0 Å². The third-order valence-electron chi connectivity index (χ3n) is 3.74. The van der Waals surface area contributed by atoms with E-state index in [1.54, 1.807) is 0 Å². The number of primary amides is 1. The monoisotopic (exact) mass is 305 g/mol. The van der Waals surface area contributed by atoms with Crippen LogP contribution in [0, 0.1) is 5.92 Å². The van der Waals surface area contributed by atoms with Crippen molar-refractivity contribution in [3.05, 3.63) is 0 Å². The molecule has 0 aromatic heterocycles. The molecule has 1 rings (SSSR count). The number of carbonyl (C=O) groups is 1. The van der Waals surface area contributed by atoms with Crippen LogP contribution >= 0.6 is 0 Å². The van der Waals surface area contributed by atoms with Gasteiger partial charge < -0.3 is 16.0 Å². The summed E-state index contributed by atoms with van der Waals surface area (Å²) in [5, 5.41) is 3.37. The summed E-state index contributed by atoms with van der Waals surface area (Å²) < 4.78 is 23.6. The number of nitrogens with two attached hydrogens (primary N) is 1. The van der Waals surface area contributed by atoms with Crippen LogP contribution in [0.3, 0.4) is 0 Å². The summed E-state index contributed by atoms with van der Waals surface area (Å²) in [6.07, 6.45) is 2.32. The SMILES string of the molecule is CCN(CCS(=O)(=O)CCC(N)=O)CC1CCCNC1. The van der Waals surface area contributed by atoms with Gasteiger partial charge in [-0.3, -0.25) is 4.79 Å². The number of amides is 1. The van der Waals surface area contributed by atoms with E-state index in [9.17, 15) is 13.2 Å². The first kappa shape index (κ1) is 17.4. The first-order chi connectivity index (χ1) is 9.43. The smallest absolute Gasteiger partial charge is 0.218 e. The summed E-state index contributed by atoms with van der Waals surface area (Å²) in [6.45, 7) is 6.48. The van der Waals surface area contributed by atoms with Gasteiger partial charge in [0.25, 0.3) is 0 Å². The summed E-state index contributed by atoms with van der Waals surface area (Å²) in [6, 6.07) is 0. The molecule has 1 fully saturated rings. The van der Waals surface area contributed by atoms with Crippen LogP contribution in [0.2, 0.25) is 0 Å². The fraction of sp³-hybridized carbons (Fsp3) is 0.923. The van der Waals surface area contributed by atoms with Crippen LogP contribution in [0.4, 0.5) is 0 Å². The van der Waals surface area contributed by atoms with Gasteiger partial charge in [0.2, 0.25) is 5.91 Å². The fourth-order valence-electron chi connectivity index (χ4n) is 2.45. The van der Waals surface area contributed by atoms with Crippen molar-refractivity contribution in [1.82, 2.24) is 10.2 Å². The van der Waals surface area contributed by atoms with Crippen LogP contribution < -0.4 is 11.1 Å². The molecular weight excluding hydrogens is 278 g/mol. The standard InChI is InChI=1S/C13H27N3O3S/c1-2-16(11-12-4-3-6-15-10-12)7-9-20(18,19)8-5-13(14)17/h12,15H,2-11H2,1H3,(H2,14,17). The highest BCUT2D eigenvalue weighted by molar-refractivity contribution is 7.91. The Morgan fingerprint density at radius 1 is 1.40 bits per heavy atom. The van der Waals surface area contributed by atoms with E-state index in [4.69, 9.17) is 5.73 Å². The number of rotatable bonds is 9. The highest BCUT2D eigenvalue weighted by atomic mass is 32.2. The van der Waals surface area contributed by atoms with E-state index in [2.05, 4.69) is 10.2 Å². The molecule has 0 saturated carbocycles. The second-order valence-corrected chi connectivity index (χ2v) is 7.78. The number of nitrogens with one attached hydrogen (secondary N) is 1. The van der Waals surface area contributed by atoms with Gasteiger partial charge in [0, 0.05) is 19.5 Å². The molecule has 0 aliphatic carbocycles. The van der Waals surface area contributed by atoms with Gasteiger partial charge in [0.15, 0.2) is 9.84 Å². The average Bonchev–Trinajstić information content (AvgIpc) is 2.42. The lowest BCUT2D eigenvalue weighted by atomic mass is 9.99. The lowest BCUT2D eigenvalue weighted by Crippen LogP contribution is -2.40. The topological polar surface area (TPSA) is 92.5 Å². The van der Waals surface area contributed by atoms with Crippen molar-refractivity contribution in [2.45, 2.75) is 26.2 Å². The van der Waals surface area contributed by atoms with Crippen LogP contribution in [-0.2, 0) is 14.6 Å². The van der Waals surface area contributed by atoms with Gasteiger partial charge in [-0.1, -0.05) is 6.92 Å². The molecule has 0 bridgehead atoms. The van der Waals surface area contributed by atoms with E-state index in [1.165, 1.54) is 12.8 Å². The minimum atomic E-state index is -3.18. The Labute approximate surface area is 122 Å². The van der Waals surface area contributed by atoms with Crippen LogP contribution in [-0.4, -0.2) is 63.5 Å². The average molecular weight is 305 g/mol. The predicted octanol–water partition coefficient (Wildman–Crippen LogP) is -0.402. The van der Waals surface area contributed by atoms with Crippen molar-refractivity contribution in [2.24, 2.45) is 11.7 Å². The third kappa shape index (κ3) is 7.21. The summed E-state index contributed by atoms with van der Waals surface area (Å²) in [5.74, 6) is 0.0188. The van der Waals surface area contributed by atoms with Gasteiger partial charge >= 0.3 is 0 Å². The zero-order valence-corrected chi connectivity index (χ0v) is 13.1. The molecule has 0 radical (unpaired) electrons. The molecule has 1 amide bonds. The Balaban J connectivity index is 2.34. The minimum Gasteiger partial charge on any atom is -0.370 e. The number of nitrogens with zero attached hydrogens (tertiary/aromatic N) is 1. The Kier molecular flexibility index (Phi) is 7.47. The van der Waals surface area contributed by atoms with Crippen LogP contribution in [0.1, 0.15) is 26.2 Å². The second kappa shape index (κ2) is 8.59. The molecule has 1 aliphatic heterocycles. The van der Waals surface area contributed by atoms with Gasteiger partial charge in [0.05, 0.1) is 11.5 Å². The molecule has 0 aromatic carbocycles. The molecule has 1 heterocycles. The molecule has 1 unspecified atom stereocenters. The van der Waals surface area contributed by atoms with Crippen molar-refractivity contribution in [3.8, 4) is 0 Å². The summed E-state index contributed by atoms with van der Waals surface area (Å²) in [5.41, 5.74) is 4.98. The molecule has 7 heteroatoms. The van der Waals surface area contributed by atoms with E-state index in [-0.39, 0.29) is 17.9 Å². The molecule has 20 heavy (non-hydrogen) atoms. The third-order valence-corrected chi connectivity index (χ3v) is 5.37. The first-order valence-corrected chi connectivity index (χ1v) is 9.17. The number of piperidine rings is 1. The van der Waals surface area contributed by atoms with Gasteiger partial charge in [0.1, 0.15) is 0 Å². The quantitative estimate of drug-likeness (QED) is 0.604. The summed E-state index contributed by atoms with van der Waals surface area (Å²) in [4.78, 5) is 12.8. The van der Waals surface area contributed by atoms with Crippen LogP contribution in [0.15, 0.2) is 0 Å². The maximum atomic E-state index is 11.8. The number of hydrogen-bond donors (Lipinski definition) is 2. The van der Waals surface area contributed by atoms with Gasteiger partial charge in [-0.2, -0.15) is 0 Å². The largest absolute Gasteiger partial charge is 0.370 e. The van der Waals surface area contributed by atoms with Crippen molar-refractivity contribution < 1.29 is 13.2 Å². The second-order valence-electron chi connectivity index (χ2n) is 5.47. The van der Waals surface area contributed by atoms with Gasteiger partial charge in [-0.25, -0.2) is 8.42 Å². The van der Waals surface area contributed by atoms with Crippen molar-refractivity contribution in [2.75, 3.05) is 44.2 Å². The molecule has 0 aromatic rings. The zero-order chi connectivity index (χ0) is 15.0. The van der Waals surface area contributed by atoms with Crippen LogP contribution in [0.5, 0.6) is 0 Å². The Morgan fingerprint density at radius 2 is 2.15 bits per heavy atom. The van der Waals surface area contributed by atoms with Gasteiger partial charge in [-0.05, 0) is 38.4 Å². The lowest BCUT2D eigenvalue weighted by Gasteiger charge is -2.29. The first-order valence-electron chi connectivity index (χ1n) is 7.34. The van der Waals surface area contributed by atoms with Crippen LogP contribution in [0.25, 0.3) is 0 Å². The van der Waals surface area contributed by atoms with E-state index in [0.29, 0.717) is 12.5 Å². The Hall–Kier alpha value is -0.660. The molecular formula is C13H27N3O3S. The maximum absolute atomic E-state index is 11.8. The van der Waals surface area contributed by atoms with Crippen molar-refractivity contribution >= 4 is 15.7 Å². The molecule has 1 atom stereocenters. The summed E-state index contributed by atoms with van der Waals surface area (Å²) in [7, 11) is -3.18. The molecule has 1 aliphatic rings. The van der Waals surface area contributed by atoms with E-state index < -0.39 is 15.7 Å². The highest BCUT2D eigenvalue weighted by Gasteiger charge is 2.18. The lowest BCUT2D eigenvalue weighted by molar-refractivity contribution is -0.117. The van der Waals surface area contributed by atoms with E-state index in [0.717, 1.165) is 26.2 Å². The van der Waals surface area contributed by atoms with E-state index >= 15 is 0 Å². The maximum Gasteiger partial charge on any atom is 0.218 e. The number of carbonyl (C=O) groups excluding carboxylic acids is 1. The minimum absolute atomic E-state index is 0.0823. The fourth-order valence-corrected chi connectivity index (χ4v) is 3.70. The molecule has 1 saturated heterocycles. The molecule has 118 valence electrons. The van der Waals surface area contributed by atoms with Gasteiger partial charge in [-0.15, -0.1) is 0 Å².